The third-order valence-electron chi connectivity index (χ3n) is 3.10. The number of anilines is 1. The van der Waals surface area contributed by atoms with Gasteiger partial charge in [0.2, 0.25) is 5.88 Å². The molecule has 0 unspecified atom stereocenters. The summed E-state index contributed by atoms with van der Waals surface area (Å²) < 4.78 is 10.7. The fourth-order valence-electron chi connectivity index (χ4n) is 2.09. The van der Waals surface area contributed by atoms with Gasteiger partial charge in [0.25, 0.3) is 0 Å². The predicted octanol–water partition coefficient (Wildman–Crippen LogP) is 1.62. The Morgan fingerprint density at radius 1 is 1.33 bits per heavy atom. The number of nitrogen functional groups attached to an aromatic ring is 1. The maximum absolute atomic E-state index is 5.81. The van der Waals surface area contributed by atoms with E-state index in [4.69, 9.17) is 15.0 Å². The molecule has 1 aliphatic rings. The number of likely N-dealkylation sites (tertiary alicyclic amines) is 1. The van der Waals surface area contributed by atoms with E-state index in [9.17, 15) is 0 Å². The van der Waals surface area contributed by atoms with Gasteiger partial charge in [0.1, 0.15) is 11.9 Å². The molecule has 2 aromatic rings. The van der Waals surface area contributed by atoms with Crippen molar-refractivity contribution in [3.63, 3.8) is 0 Å². The van der Waals surface area contributed by atoms with Gasteiger partial charge < -0.3 is 15.0 Å². The van der Waals surface area contributed by atoms with Crippen LogP contribution in [0.1, 0.15) is 0 Å². The second-order valence-electron chi connectivity index (χ2n) is 4.59. The molecular weight excluding hydrogens is 230 g/mol. The largest absolute Gasteiger partial charge is 0.488 e. The molecule has 2 heterocycles. The van der Waals surface area contributed by atoms with Crippen molar-refractivity contribution in [2.24, 2.45) is 0 Å². The lowest BCUT2D eigenvalue weighted by Gasteiger charge is -2.36. The molecule has 18 heavy (non-hydrogen) atoms. The molecule has 5 nitrogen and oxygen atoms in total. The van der Waals surface area contributed by atoms with Crippen LogP contribution in [-0.4, -0.2) is 36.3 Å². The highest BCUT2D eigenvalue weighted by Gasteiger charge is 2.24. The van der Waals surface area contributed by atoms with Gasteiger partial charge in [-0.3, -0.25) is 4.90 Å². The summed E-state index contributed by atoms with van der Waals surface area (Å²) in [6.07, 6.45) is 1.92. The maximum atomic E-state index is 5.81. The van der Waals surface area contributed by atoms with E-state index >= 15 is 0 Å². The summed E-state index contributed by atoms with van der Waals surface area (Å²) in [4.78, 5) is 2.22. The summed E-state index contributed by atoms with van der Waals surface area (Å²) in [5.41, 5.74) is 7.46. The normalized spacial score (nSPS) is 16.5. The number of hydrogen-bond donors (Lipinski definition) is 1. The molecule has 1 aromatic heterocycles. The average molecular weight is 245 g/mol. The van der Waals surface area contributed by atoms with Crippen molar-refractivity contribution in [1.82, 2.24) is 10.1 Å². The van der Waals surface area contributed by atoms with Crippen molar-refractivity contribution in [2.75, 3.05) is 25.9 Å². The molecule has 0 bridgehead atoms. The Labute approximate surface area is 105 Å². The van der Waals surface area contributed by atoms with Gasteiger partial charge >= 0.3 is 0 Å². The topological polar surface area (TPSA) is 64.5 Å². The lowest BCUT2D eigenvalue weighted by atomic mass is 10.1. The van der Waals surface area contributed by atoms with E-state index in [0.29, 0.717) is 12.0 Å². The maximum Gasteiger partial charge on any atom is 0.229 e. The van der Waals surface area contributed by atoms with E-state index in [-0.39, 0.29) is 0 Å². The first kappa shape index (κ1) is 11.1. The summed E-state index contributed by atoms with van der Waals surface area (Å²) in [6, 6.07) is 7.81. The van der Waals surface area contributed by atoms with Crippen LogP contribution in [-0.2, 0) is 0 Å². The second-order valence-corrected chi connectivity index (χ2v) is 4.59. The van der Waals surface area contributed by atoms with Crippen molar-refractivity contribution < 1.29 is 9.26 Å². The molecule has 2 N–H and O–H groups in total. The summed E-state index contributed by atoms with van der Waals surface area (Å²) in [5, 5.41) is 3.66. The minimum atomic E-state index is 0.307. The van der Waals surface area contributed by atoms with Crippen molar-refractivity contribution in [2.45, 2.75) is 6.10 Å². The van der Waals surface area contributed by atoms with Crippen LogP contribution in [0.5, 0.6) is 5.75 Å². The van der Waals surface area contributed by atoms with Crippen molar-refractivity contribution in [3.05, 3.63) is 30.5 Å². The number of nitrogens with zero attached hydrogens (tertiary/aromatic N) is 2. The molecule has 1 aliphatic heterocycles. The zero-order valence-corrected chi connectivity index (χ0v) is 10.2. The number of likely N-dealkylation sites (N-methyl/N-ethyl adjacent to an activating group) is 1. The molecule has 3 rings (SSSR count). The quantitative estimate of drug-likeness (QED) is 0.890. The molecule has 1 fully saturated rings. The minimum absolute atomic E-state index is 0.307. The predicted molar refractivity (Wildman–Crippen MR) is 68.3 cm³/mol. The standard InChI is InChI=1S/C13H15N3O2/c1-16-7-11(8-16)17-10-4-2-9(3-5-10)12-6-15-18-13(12)14/h2-6,11H,7-8,14H2,1H3. The van der Waals surface area contributed by atoms with Crippen LogP contribution in [0.4, 0.5) is 5.88 Å². The molecule has 0 atom stereocenters. The zero-order chi connectivity index (χ0) is 12.5. The number of rotatable bonds is 3. The van der Waals surface area contributed by atoms with E-state index < -0.39 is 0 Å². The number of nitrogens with two attached hydrogens (primary N) is 1. The van der Waals surface area contributed by atoms with Crippen LogP contribution in [0, 0.1) is 0 Å². The van der Waals surface area contributed by atoms with Crippen LogP contribution in [0.25, 0.3) is 11.1 Å². The minimum Gasteiger partial charge on any atom is -0.488 e. The van der Waals surface area contributed by atoms with Gasteiger partial charge in [0, 0.05) is 13.1 Å². The summed E-state index contributed by atoms with van der Waals surface area (Å²) in [7, 11) is 2.08. The van der Waals surface area contributed by atoms with Gasteiger partial charge in [0.05, 0.1) is 11.8 Å². The van der Waals surface area contributed by atoms with Crippen molar-refractivity contribution in [3.8, 4) is 16.9 Å². The molecule has 5 heteroatoms. The molecule has 0 aliphatic carbocycles. The summed E-state index contributed by atoms with van der Waals surface area (Å²) in [5.74, 6) is 1.22. The van der Waals surface area contributed by atoms with Crippen LogP contribution in [0.2, 0.25) is 0 Å². The number of benzene rings is 1. The molecule has 94 valence electrons. The van der Waals surface area contributed by atoms with Gasteiger partial charge in [-0.1, -0.05) is 17.3 Å². The fourth-order valence-corrected chi connectivity index (χ4v) is 2.09. The van der Waals surface area contributed by atoms with Crippen LogP contribution < -0.4 is 10.5 Å². The highest BCUT2D eigenvalue weighted by Crippen LogP contribution is 2.27. The van der Waals surface area contributed by atoms with E-state index in [1.165, 1.54) is 0 Å². The van der Waals surface area contributed by atoms with Crippen LogP contribution in [0.3, 0.4) is 0 Å². The molecule has 1 aromatic carbocycles. The van der Waals surface area contributed by atoms with E-state index in [1.807, 2.05) is 24.3 Å². The SMILES string of the molecule is CN1CC(Oc2ccc(-c3cnoc3N)cc2)C1. The van der Waals surface area contributed by atoms with Gasteiger partial charge in [-0.15, -0.1) is 0 Å². The molecule has 0 radical (unpaired) electrons. The van der Waals surface area contributed by atoms with Gasteiger partial charge in [-0.25, -0.2) is 0 Å². The smallest absolute Gasteiger partial charge is 0.229 e. The first-order valence-corrected chi connectivity index (χ1v) is 5.88. The van der Waals surface area contributed by atoms with E-state index in [2.05, 4.69) is 17.1 Å². The molecule has 0 spiro atoms. The number of ether oxygens (including phenoxy) is 1. The summed E-state index contributed by atoms with van der Waals surface area (Å²) >= 11 is 0. The van der Waals surface area contributed by atoms with Crippen molar-refractivity contribution >= 4 is 5.88 Å². The molecular formula is C13H15N3O2. The second kappa shape index (κ2) is 4.34. The van der Waals surface area contributed by atoms with Crippen LogP contribution >= 0.6 is 0 Å². The number of aromatic nitrogens is 1. The number of hydrogen-bond acceptors (Lipinski definition) is 5. The van der Waals surface area contributed by atoms with E-state index in [1.54, 1.807) is 6.20 Å². The Morgan fingerprint density at radius 3 is 2.61 bits per heavy atom. The third-order valence-corrected chi connectivity index (χ3v) is 3.10. The highest BCUT2D eigenvalue weighted by molar-refractivity contribution is 5.72. The third kappa shape index (κ3) is 2.04. The highest BCUT2D eigenvalue weighted by atomic mass is 16.5. The summed E-state index contributed by atoms with van der Waals surface area (Å²) in [6.45, 7) is 1.97. The Morgan fingerprint density at radius 2 is 2.06 bits per heavy atom. The Balaban J connectivity index is 1.71. The van der Waals surface area contributed by atoms with Gasteiger partial charge in [0.15, 0.2) is 0 Å². The average Bonchev–Trinajstić information content (AvgIpc) is 2.75. The molecule has 1 saturated heterocycles. The van der Waals surface area contributed by atoms with Crippen molar-refractivity contribution in [1.29, 1.82) is 0 Å². The zero-order valence-electron chi connectivity index (χ0n) is 10.2. The first-order valence-electron chi connectivity index (χ1n) is 5.88. The Hall–Kier alpha value is -2.01. The van der Waals surface area contributed by atoms with Gasteiger partial charge in [-0.2, -0.15) is 0 Å². The molecule has 0 amide bonds. The van der Waals surface area contributed by atoms with E-state index in [0.717, 1.165) is 30.0 Å². The fraction of sp³-hybridized carbons (Fsp3) is 0.308. The molecule has 0 saturated carbocycles. The Kier molecular flexibility index (Phi) is 2.68. The lowest BCUT2D eigenvalue weighted by Crippen LogP contribution is -2.51. The monoisotopic (exact) mass is 245 g/mol. The Bertz CT molecular complexity index is 529. The lowest BCUT2D eigenvalue weighted by molar-refractivity contribution is 0.0388. The van der Waals surface area contributed by atoms with Crippen LogP contribution in [0.15, 0.2) is 35.0 Å². The first-order chi connectivity index (χ1) is 8.72. The van der Waals surface area contributed by atoms with Gasteiger partial charge in [-0.05, 0) is 24.7 Å².